The third-order valence-corrected chi connectivity index (χ3v) is 4.84. The van der Waals surface area contributed by atoms with Crippen molar-refractivity contribution in [1.82, 2.24) is 0 Å². The van der Waals surface area contributed by atoms with Gasteiger partial charge in [-0.15, -0.1) is 0 Å². The average molecular weight is 218 g/mol. The minimum atomic E-state index is 0.139. The lowest BCUT2D eigenvalue weighted by atomic mass is 9.55. The van der Waals surface area contributed by atoms with Gasteiger partial charge in [-0.3, -0.25) is 4.79 Å². The summed E-state index contributed by atoms with van der Waals surface area (Å²) in [5.74, 6) is 0.222. The number of fused-ring (bicyclic) bond motifs is 1. The lowest BCUT2D eigenvalue weighted by Crippen LogP contribution is -2.38. The molecule has 0 aromatic heterocycles. The van der Waals surface area contributed by atoms with E-state index in [0.29, 0.717) is 0 Å². The smallest absolute Gasteiger partial charge is 0.181 e. The molecular formula is C15H22O. The summed E-state index contributed by atoms with van der Waals surface area (Å²) in [7, 11) is 0. The number of rotatable bonds is 0. The van der Waals surface area contributed by atoms with E-state index in [0.717, 1.165) is 5.57 Å². The van der Waals surface area contributed by atoms with Crippen molar-refractivity contribution in [2.75, 3.05) is 0 Å². The molecule has 88 valence electrons. The third-order valence-electron chi connectivity index (χ3n) is 4.84. The summed E-state index contributed by atoms with van der Waals surface area (Å²) < 4.78 is 0. The SMILES string of the molecule is CC1=C(C)[C@]2(C)CCCC(C)(C)C2=CC1=O. The molecule has 0 amide bonds. The highest BCUT2D eigenvalue weighted by atomic mass is 16.1. The predicted molar refractivity (Wildman–Crippen MR) is 67.2 cm³/mol. The quantitative estimate of drug-likeness (QED) is 0.599. The third kappa shape index (κ3) is 1.41. The molecule has 0 radical (unpaired) electrons. The maximum atomic E-state index is 12.0. The molecule has 1 saturated carbocycles. The molecule has 1 heteroatoms. The van der Waals surface area contributed by atoms with Gasteiger partial charge in [-0.05, 0) is 43.8 Å². The minimum absolute atomic E-state index is 0.139. The van der Waals surface area contributed by atoms with Crippen LogP contribution in [-0.2, 0) is 4.79 Å². The summed E-state index contributed by atoms with van der Waals surface area (Å²) in [6, 6.07) is 0. The van der Waals surface area contributed by atoms with E-state index < -0.39 is 0 Å². The van der Waals surface area contributed by atoms with Crippen molar-refractivity contribution in [2.45, 2.75) is 53.9 Å². The standard InChI is InChI=1S/C15H22O/c1-10-11(2)15(5)8-6-7-14(3,4)13(15)9-12(10)16/h9H,6-8H2,1-5H3/t15-/m0/s1. The lowest BCUT2D eigenvalue weighted by Gasteiger charge is -2.48. The van der Waals surface area contributed by atoms with Gasteiger partial charge in [0.05, 0.1) is 0 Å². The van der Waals surface area contributed by atoms with E-state index in [2.05, 4.69) is 27.7 Å². The van der Waals surface area contributed by atoms with Crippen LogP contribution in [0.4, 0.5) is 0 Å². The summed E-state index contributed by atoms with van der Waals surface area (Å²) in [4.78, 5) is 12.0. The van der Waals surface area contributed by atoms with Gasteiger partial charge in [-0.2, -0.15) is 0 Å². The molecule has 0 unspecified atom stereocenters. The molecule has 1 nitrogen and oxygen atoms in total. The fraction of sp³-hybridized carbons (Fsp3) is 0.667. The van der Waals surface area contributed by atoms with Gasteiger partial charge in [0.15, 0.2) is 5.78 Å². The fourth-order valence-corrected chi connectivity index (χ4v) is 3.48. The Morgan fingerprint density at radius 2 is 1.75 bits per heavy atom. The van der Waals surface area contributed by atoms with Gasteiger partial charge in [0.2, 0.25) is 0 Å². The second kappa shape index (κ2) is 3.32. The molecule has 1 fully saturated rings. The first-order valence-corrected chi connectivity index (χ1v) is 6.24. The molecule has 0 saturated heterocycles. The van der Waals surface area contributed by atoms with Crippen molar-refractivity contribution in [2.24, 2.45) is 10.8 Å². The van der Waals surface area contributed by atoms with Gasteiger partial charge in [0, 0.05) is 5.41 Å². The van der Waals surface area contributed by atoms with Gasteiger partial charge in [-0.1, -0.05) is 38.3 Å². The Balaban J connectivity index is 2.59. The Morgan fingerprint density at radius 3 is 2.38 bits per heavy atom. The second-order valence-corrected chi connectivity index (χ2v) is 6.24. The number of hydrogen-bond donors (Lipinski definition) is 0. The van der Waals surface area contributed by atoms with Gasteiger partial charge in [-0.25, -0.2) is 0 Å². The van der Waals surface area contributed by atoms with Gasteiger partial charge >= 0.3 is 0 Å². The number of carbonyl (C=O) groups is 1. The molecule has 0 spiro atoms. The Morgan fingerprint density at radius 1 is 1.12 bits per heavy atom. The summed E-state index contributed by atoms with van der Waals surface area (Å²) in [6.45, 7) is 11.0. The van der Waals surface area contributed by atoms with Gasteiger partial charge in [0.25, 0.3) is 0 Å². The molecule has 16 heavy (non-hydrogen) atoms. The largest absolute Gasteiger partial charge is 0.290 e. The van der Waals surface area contributed by atoms with E-state index in [4.69, 9.17) is 0 Å². The molecule has 0 heterocycles. The van der Waals surface area contributed by atoms with Crippen LogP contribution in [0.15, 0.2) is 22.8 Å². The maximum absolute atomic E-state index is 12.0. The predicted octanol–water partition coefficient (Wildman–Crippen LogP) is 4.05. The highest BCUT2D eigenvalue weighted by Crippen LogP contribution is 2.56. The van der Waals surface area contributed by atoms with Crippen molar-refractivity contribution < 1.29 is 4.79 Å². The monoisotopic (exact) mass is 218 g/mol. The van der Waals surface area contributed by atoms with E-state index in [-0.39, 0.29) is 16.6 Å². The van der Waals surface area contributed by atoms with Crippen LogP contribution >= 0.6 is 0 Å². The molecule has 2 aliphatic rings. The van der Waals surface area contributed by atoms with E-state index in [1.165, 1.54) is 30.4 Å². The fourth-order valence-electron chi connectivity index (χ4n) is 3.48. The van der Waals surface area contributed by atoms with Gasteiger partial charge in [0.1, 0.15) is 0 Å². The zero-order chi connectivity index (χ0) is 12.1. The Bertz CT molecular complexity index is 409. The zero-order valence-corrected chi connectivity index (χ0v) is 11.1. The first-order valence-electron chi connectivity index (χ1n) is 6.24. The van der Waals surface area contributed by atoms with E-state index >= 15 is 0 Å². The van der Waals surface area contributed by atoms with Crippen LogP contribution in [0, 0.1) is 10.8 Å². The lowest BCUT2D eigenvalue weighted by molar-refractivity contribution is -0.111. The van der Waals surface area contributed by atoms with Crippen LogP contribution < -0.4 is 0 Å². The summed E-state index contributed by atoms with van der Waals surface area (Å²) in [6.07, 6.45) is 5.58. The molecule has 0 N–H and O–H groups in total. The first kappa shape index (κ1) is 11.6. The topological polar surface area (TPSA) is 17.1 Å². The molecule has 0 aromatic rings. The van der Waals surface area contributed by atoms with E-state index in [1.807, 2.05) is 13.0 Å². The van der Waals surface area contributed by atoms with Crippen LogP contribution in [0.25, 0.3) is 0 Å². The normalized spacial score (nSPS) is 33.6. The summed E-state index contributed by atoms with van der Waals surface area (Å²) >= 11 is 0. The highest BCUT2D eigenvalue weighted by molar-refractivity contribution is 6.06. The van der Waals surface area contributed by atoms with Crippen molar-refractivity contribution in [3.63, 3.8) is 0 Å². The van der Waals surface area contributed by atoms with E-state index in [9.17, 15) is 4.79 Å². The molecule has 2 rings (SSSR count). The van der Waals surface area contributed by atoms with Gasteiger partial charge < -0.3 is 0 Å². The van der Waals surface area contributed by atoms with Crippen LogP contribution in [0.2, 0.25) is 0 Å². The number of carbonyl (C=O) groups excluding carboxylic acids is 1. The molecule has 0 aliphatic heterocycles. The van der Waals surface area contributed by atoms with Crippen molar-refractivity contribution in [3.05, 3.63) is 22.8 Å². The van der Waals surface area contributed by atoms with Crippen molar-refractivity contribution in [1.29, 1.82) is 0 Å². The van der Waals surface area contributed by atoms with E-state index in [1.54, 1.807) is 0 Å². The van der Waals surface area contributed by atoms with Crippen molar-refractivity contribution >= 4 is 5.78 Å². The maximum Gasteiger partial charge on any atom is 0.181 e. The Hall–Kier alpha value is -0.850. The minimum Gasteiger partial charge on any atom is -0.290 e. The molecular weight excluding hydrogens is 196 g/mol. The molecule has 1 atom stereocenters. The average Bonchev–Trinajstić information content (AvgIpc) is 2.19. The first-order chi connectivity index (χ1) is 7.29. The summed E-state index contributed by atoms with van der Waals surface area (Å²) in [5, 5.41) is 0. The Kier molecular flexibility index (Phi) is 2.41. The molecule has 2 aliphatic carbocycles. The summed E-state index contributed by atoms with van der Waals surface area (Å²) in [5.41, 5.74) is 3.94. The number of ketones is 1. The second-order valence-electron chi connectivity index (χ2n) is 6.24. The Labute approximate surface area is 98.6 Å². The number of hydrogen-bond acceptors (Lipinski definition) is 1. The highest BCUT2D eigenvalue weighted by Gasteiger charge is 2.45. The molecule has 0 aromatic carbocycles. The van der Waals surface area contributed by atoms with Crippen LogP contribution in [0.1, 0.15) is 53.9 Å². The number of allylic oxidation sites excluding steroid dienone is 4. The van der Waals surface area contributed by atoms with Crippen LogP contribution in [0.5, 0.6) is 0 Å². The zero-order valence-electron chi connectivity index (χ0n) is 11.1. The van der Waals surface area contributed by atoms with Crippen molar-refractivity contribution in [3.8, 4) is 0 Å². The van der Waals surface area contributed by atoms with Crippen LogP contribution in [0.3, 0.4) is 0 Å². The van der Waals surface area contributed by atoms with Crippen LogP contribution in [-0.4, -0.2) is 5.78 Å². The molecule has 0 bridgehead atoms.